The largest absolute Gasteiger partial charge is 0.389 e. The van der Waals surface area contributed by atoms with Gasteiger partial charge in [-0.05, 0) is 75.7 Å². The van der Waals surface area contributed by atoms with Crippen molar-refractivity contribution in [2.24, 2.45) is 28.6 Å². The molecule has 4 heteroatoms. The third-order valence-corrected chi connectivity index (χ3v) is 11.4. The van der Waals surface area contributed by atoms with E-state index >= 15 is 0 Å². The van der Waals surface area contributed by atoms with Crippen molar-refractivity contribution in [2.75, 3.05) is 13.1 Å². The molecular formula is C24H37NO2S. The summed E-state index contributed by atoms with van der Waals surface area (Å²) in [5.41, 5.74) is 0.502. The Morgan fingerprint density at radius 2 is 1.93 bits per heavy atom. The standard InChI is InChI=1S/C24H37NO2S/c1-15-12-24(27)13-16(28-17-8-11-25-14-17)6-10-23(24,3)19-7-9-22(2)18(21(15)19)4-5-20(22)26/h16-19,21,25,27H,1,4-14H2,2-3H3/t16-,17+,18+,19+,21+,22+,23-,24-/m1/s1. The van der Waals surface area contributed by atoms with E-state index in [1.165, 1.54) is 18.4 Å². The SMILES string of the molecule is C=C1C[C@@]2(O)C[C@H](S[C@H]3CCNC3)CC[C@]2(C)[C@H]2CC[C@]3(C)C(=O)CC[C@H]3[C@H]12. The number of fused-ring (bicyclic) bond motifs is 5. The molecule has 5 aliphatic rings. The van der Waals surface area contributed by atoms with Crippen molar-refractivity contribution < 1.29 is 9.90 Å². The minimum Gasteiger partial charge on any atom is -0.389 e. The molecule has 1 saturated heterocycles. The van der Waals surface area contributed by atoms with Crippen molar-refractivity contribution in [1.29, 1.82) is 0 Å². The van der Waals surface area contributed by atoms with E-state index in [0.29, 0.717) is 28.8 Å². The average molecular weight is 404 g/mol. The molecule has 156 valence electrons. The van der Waals surface area contributed by atoms with Crippen LogP contribution in [0.4, 0.5) is 0 Å². The summed E-state index contributed by atoms with van der Waals surface area (Å²) in [6, 6.07) is 0. The molecule has 1 aliphatic heterocycles. The average Bonchev–Trinajstić information content (AvgIpc) is 3.25. The van der Waals surface area contributed by atoms with Gasteiger partial charge in [-0.2, -0.15) is 11.8 Å². The summed E-state index contributed by atoms with van der Waals surface area (Å²) in [5, 5.41) is 16.8. The summed E-state index contributed by atoms with van der Waals surface area (Å²) >= 11 is 2.13. The predicted molar refractivity (Wildman–Crippen MR) is 115 cm³/mol. The van der Waals surface area contributed by atoms with Crippen molar-refractivity contribution in [3.8, 4) is 0 Å². The van der Waals surface area contributed by atoms with Gasteiger partial charge in [-0.15, -0.1) is 0 Å². The van der Waals surface area contributed by atoms with Crippen LogP contribution in [0, 0.1) is 28.6 Å². The van der Waals surface area contributed by atoms with Gasteiger partial charge in [0.05, 0.1) is 5.60 Å². The van der Waals surface area contributed by atoms with E-state index in [4.69, 9.17) is 0 Å². The van der Waals surface area contributed by atoms with Crippen LogP contribution in [-0.2, 0) is 4.79 Å². The molecule has 0 aromatic carbocycles. The van der Waals surface area contributed by atoms with E-state index in [1.807, 2.05) is 0 Å². The fourth-order valence-electron chi connectivity index (χ4n) is 8.03. The zero-order valence-corrected chi connectivity index (χ0v) is 18.5. The van der Waals surface area contributed by atoms with Crippen LogP contribution in [0.1, 0.15) is 71.6 Å². The summed E-state index contributed by atoms with van der Waals surface area (Å²) < 4.78 is 0. The Bertz CT molecular complexity index is 688. The maximum atomic E-state index is 12.7. The lowest BCUT2D eigenvalue weighted by Crippen LogP contribution is -2.63. The van der Waals surface area contributed by atoms with Crippen LogP contribution in [-0.4, -0.2) is 40.1 Å². The lowest BCUT2D eigenvalue weighted by atomic mass is 9.43. The van der Waals surface area contributed by atoms with Crippen molar-refractivity contribution >= 4 is 17.5 Å². The van der Waals surface area contributed by atoms with Gasteiger partial charge >= 0.3 is 0 Å². The van der Waals surface area contributed by atoms with E-state index < -0.39 is 5.60 Å². The summed E-state index contributed by atoms with van der Waals surface area (Å²) in [4.78, 5) is 12.7. The molecule has 0 radical (unpaired) electrons. The molecule has 2 N–H and O–H groups in total. The normalized spacial score (nSPS) is 53.6. The van der Waals surface area contributed by atoms with Crippen LogP contribution < -0.4 is 5.32 Å². The van der Waals surface area contributed by atoms with Crippen molar-refractivity contribution in [1.82, 2.24) is 5.32 Å². The van der Waals surface area contributed by atoms with Gasteiger partial charge in [-0.1, -0.05) is 26.0 Å². The number of hydrogen-bond acceptors (Lipinski definition) is 4. The van der Waals surface area contributed by atoms with Gasteiger partial charge in [-0.25, -0.2) is 0 Å². The molecule has 4 aliphatic carbocycles. The number of thioether (sulfide) groups is 1. The minimum absolute atomic E-state index is 0.0171. The zero-order valence-electron chi connectivity index (χ0n) is 17.6. The molecule has 0 bridgehead atoms. The second-order valence-corrected chi connectivity index (χ2v) is 12.7. The molecule has 4 saturated carbocycles. The Balaban J connectivity index is 1.40. The lowest BCUT2D eigenvalue weighted by Gasteiger charge is -2.64. The molecular weight excluding hydrogens is 366 g/mol. The minimum atomic E-state index is -0.608. The molecule has 0 aromatic heterocycles. The molecule has 1 heterocycles. The maximum Gasteiger partial charge on any atom is 0.139 e. The molecule has 3 nitrogen and oxygen atoms in total. The number of Topliss-reactive ketones (excluding diaryl/α,β-unsaturated/α-hetero) is 1. The number of carbonyl (C=O) groups excluding carboxylic acids is 1. The summed E-state index contributed by atoms with van der Waals surface area (Å²) in [7, 11) is 0. The summed E-state index contributed by atoms with van der Waals surface area (Å²) in [6.07, 6.45) is 9.21. The lowest BCUT2D eigenvalue weighted by molar-refractivity contribution is -0.182. The van der Waals surface area contributed by atoms with Gasteiger partial charge in [0.2, 0.25) is 0 Å². The first-order valence-corrected chi connectivity index (χ1v) is 12.5. The Hall–Kier alpha value is -0.320. The van der Waals surface area contributed by atoms with Gasteiger partial charge in [-0.3, -0.25) is 4.79 Å². The van der Waals surface area contributed by atoms with Crippen molar-refractivity contribution in [3.05, 3.63) is 12.2 Å². The third-order valence-electron chi connectivity index (χ3n) is 9.80. The van der Waals surface area contributed by atoms with Crippen LogP contribution in [0.25, 0.3) is 0 Å². The first-order chi connectivity index (χ1) is 13.3. The highest BCUT2D eigenvalue weighted by molar-refractivity contribution is 8.00. The number of aliphatic hydroxyl groups is 1. The highest BCUT2D eigenvalue weighted by Crippen LogP contribution is 2.68. The second-order valence-electron chi connectivity index (χ2n) is 11.1. The van der Waals surface area contributed by atoms with Gasteiger partial charge in [0.25, 0.3) is 0 Å². The number of ketones is 1. The summed E-state index contributed by atoms with van der Waals surface area (Å²) in [5.74, 6) is 1.89. The van der Waals surface area contributed by atoms with Crippen molar-refractivity contribution in [3.63, 3.8) is 0 Å². The quantitative estimate of drug-likeness (QED) is 0.673. The molecule has 0 spiro atoms. The maximum absolute atomic E-state index is 12.7. The highest BCUT2D eigenvalue weighted by Gasteiger charge is 2.65. The van der Waals surface area contributed by atoms with Gasteiger partial charge in [0, 0.05) is 34.3 Å². The van der Waals surface area contributed by atoms with E-state index in [1.54, 1.807) is 0 Å². The molecule has 0 aromatic rings. The molecule has 0 unspecified atom stereocenters. The van der Waals surface area contributed by atoms with E-state index in [2.05, 4.69) is 37.5 Å². The Kier molecular flexibility index (Phi) is 4.62. The van der Waals surface area contributed by atoms with Crippen LogP contribution >= 0.6 is 11.8 Å². The molecule has 8 atom stereocenters. The van der Waals surface area contributed by atoms with Gasteiger partial charge in [0.1, 0.15) is 5.78 Å². The first-order valence-electron chi connectivity index (χ1n) is 11.6. The van der Waals surface area contributed by atoms with Gasteiger partial charge < -0.3 is 10.4 Å². The molecule has 0 amide bonds. The van der Waals surface area contributed by atoms with E-state index in [9.17, 15) is 9.90 Å². The molecule has 5 rings (SSSR count). The molecule has 5 fully saturated rings. The monoisotopic (exact) mass is 403 g/mol. The second kappa shape index (κ2) is 6.59. The van der Waals surface area contributed by atoms with Gasteiger partial charge in [0.15, 0.2) is 0 Å². The number of rotatable bonds is 2. The predicted octanol–water partition coefficient (Wildman–Crippen LogP) is 4.34. The third kappa shape index (κ3) is 2.66. The summed E-state index contributed by atoms with van der Waals surface area (Å²) in [6.45, 7) is 11.4. The fourth-order valence-corrected chi connectivity index (χ4v) is 9.67. The molecule has 28 heavy (non-hydrogen) atoms. The van der Waals surface area contributed by atoms with Crippen LogP contribution in [0.15, 0.2) is 12.2 Å². The fraction of sp³-hybridized carbons (Fsp3) is 0.875. The Morgan fingerprint density at radius 3 is 2.68 bits per heavy atom. The van der Waals surface area contributed by atoms with Crippen molar-refractivity contribution in [2.45, 2.75) is 87.7 Å². The number of nitrogens with one attached hydrogen (secondary N) is 1. The first kappa shape index (κ1) is 19.6. The van der Waals surface area contributed by atoms with E-state index in [0.717, 1.165) is 63.3 Å². The van der Waals surface area contributed by atoms with E-state index in [-0.39, 0.29) is 10.8 Å². The topological polar surface area (TPSA) is 49.3 Å². The smallest absolute Gasteiger partial charge is 0.139 e. The van der Waals surface area contributed by atoms with Crippen LogP contribution in [0.5, 0.6) is 0 Å². The van der Waals surface area contributed by atoms with Crippen LogP contribution in [0.2, 0.25) is 0 Å². The Labute approximate surface area is 174 Å². The number of hydrogen-bond donors (Lipinski definition) is 2. The zero-order chi connectivity index (χ0) is 19.7. The van der Waals surface area contributed by atoms with Crippen LogP contribution in [0.3, 0.4) is 0 Å². The number of carbonyl (C=O) groups is 1. The Morgan fingerprint density at radius 1 is 1.11 bits per heavy atom. The highest BCUT2D eigenvalue weighted by atomic mass is 32.2.